The number of benzene rings is 1. The van der Waals surface area contributed by atoms with E-state index in [-0.39, 0.29) is 12.0 Å². The lowest BCUT2D eigenvalue weighted by molar-refractivity contribution is -0.122. The van der Waals surface area contributed by atoms with Crippen LogP contribution in [0.3, 0.4) is 0 Å². The third-order valence-electron chi connectivity index (χ3n) is 5.09. The van der Waals surface area contributed by atoms with E-state index in [2.05, 4.69) is 5.32 Å². The van der Waals surface area contributed by atoms with Crippen LogP contribution in [0.2, 0.25) is 0 Å². The molecular formula is C19H28N2O3. The summed E-state index contributed by atoms with van der Waals surface area (Å²) in [6.07, 6.45) is 6.82. The van der Waals surface area contributed by atoms with Crippen LogP contribution in [-0.2, 0) is 9.53 Å². The molecule has 5 nitrogen and oxygen atoms in total. The summed E-state index contributed by atoms with van der Waals surface area (Å²) in [6, 6.07) is 5.79. The first kappa shape index (κ1) is 17.2. The standard InChI is InChI=1S/C19H28N2O3/c1-14-13-15(21-18(22)19(20)9-3-2-4-10-19)5-6-17(14)24-16-7-11-23-12-8-16/h5-6,13,16H,2-4,7-12,20H2,1H3,(H,21,22). The van der Waals surface area contributed by atoms with Crippen molar-refractivity contribution in [3.05, 3.63) is 23.8 Å². The maximum atomic E-state index is 12.5. The number of rotatable bonds is 4. The van der Waals surface area contributed by atoms with Crippen LogP contribution in [0.4, 0.5) is 5.69 Å². The minimum absolute atomic E-state index is 0.0697. The molecule has 1 saturated carbocycles. The maximum absolute atomic E-state index is 12.5. The second kappa shape index (κ2) is 7.53. The van der Waals surface area contributed by atoms with Crippen LogP contribution in [0.1, 0.15) is 50.5 Å². The Morgan fingerprint density at radius 3 is 2.62 bits per heavy atom. The molecule has 0 bridgehead atoms. The molecule has 1 aliphatic carbocycles. The van der Waals surface area contributed by atoms with E-state index in [9.17, 15) is 4.79 Å². The first-order chi connectivity index (χ1) is 11.6. The molecule has 1 aromatic rings. The molecule has 0 radical (unpaired) electrons. The zero-order chi connectivity index (χ0) is 17.0. The molecule has 0 unspecified atom stereocenters. The van der Waals surface area contributed by atoms with Gasteiger partial charge in [-0.05, 0) is 43.5 Å². The van der Waals surface area contributed by atoms with Gasteiger partial charge in [0.1, 0.15) is 11.9 Å². The summed E-state index contributed by atoms with van der Waals surface area (Å²) in [7, 11) is 0. The predicted molar refractivity (Wildman–Crippen MR) is 94.3 cm³/mol. The van der Waals surface area contributed by atoms with Crippen LogP contribution in [-0.4, -0.2) is 30.8 Å². The number of carbonyl (C=O) groups is 1. The fourth-order valence-corrected chi connectivity index (χ4v) is 3.50. The molecule has 5 heteroatoms. The zero-order valence-corrected chi connectivity index (χ0v) is 14.5. The summed E-state index contributed by atoms with van der Waals surface area (Å²) in [4.78, 5) is 12.5. The Morgan fingerprint density at radius 2 is 1.96 bits per heavy atom. The molecule has 0 spiro atoms. The quantitative estimate of drug-likeness (QED) is 0.888. The fourth-order valence-electron chi connectivity index (χ4n) is 3.50. The highest BCUT2D eigenvalue weighted by atomic mass is 16.5. The van der Waals surface area contributed by atoms with Crippen molar-refractivity contribution < 1.29 is 14.3 Å². The van der Waals surface area contributed by atoms with Crippen molar-refractivity contribution in [2.75, 3.05) is 18.5 Å². The summed E-state index contributed by atoms with van der Waals surface area (Å²) in [5.41, 5.74) is 7.38. The zero-order valence-electron chi connectivity index (χ0n) is 14.5. The Hall–Kier alpha value is -1.59. The van der Waals surface area contributed by atoms with Gasteiger partial charge in [-0.2, -0.15) is 0 Å². The average Bonchev–Trinajstić information content (AvgIpc) is 2.59. The smallest absolute Gasteiger partial charge is 0.244 e. The highest BCUT2D eigenvalue weighted by molar-refractivity contribution is 5.98. The van der Waals surface area contributed by atoms with E-state index in [1.165, 1.54) is 6.42 Å². The highest BCUT2D eigenvalue weighted by Gasteiger charge is 2.35. The van der Waals surface area contributed by atoms with Crippen molar-refractivity contribution in [1.82, 2.24) is 0 Å². The number of hydrogen-bond acceptors (Lipinski definition) is 4. The van der Waals surface area contributed by atoms with Gasteiger partial charge in [-0.25, -0.2) is 0 Å². The maximum Gasteiger partial charge on any atom is 0.244 e. The first-order valence-corrected chi connectivity index (χ1v) is 9.02. The van der Waals surface area contributed by atoms with E-state index < -0.39 is 5.54 Å². The van der Waals surface area contributed by atoms with Crippen molar-refractivity contribution in [2.24, 2.45) is 5.73 Å². The third kappa shape index (κ3) is 4.08. The number of amides is 1. The Kier molecular flexibility index (Phi) is 5.41. The minimum atomic E-state index is -0.719. The molecule has 3 rings (SSSR count). The van der Waals surface area contributed by atoms with Gasteiger partial charge in [-0.15, -0.1) is 0 Å². The van der Waals surface area contributed by atoms with Crippen molar-refractivity contribution in [3.8, 4) is 5.75 Å². The van der Waals surface area contributed by atoms with Crippen molar-refractivity contribution >= 4 is 11.6 Å². The third-order valence-corrected chi connectivity index (χ3v) is 5.09. The molecule has 0 aromatic heterocycles. The van der Waals surface area contributed by atoms with E-state index in [0.717, 1.165) is 68.7 Å². The van der Waals surface area contributed by atoms with Gasteiger partial charge in [0.2, 0.25) is 5.91 Å². The number of nitrogens with two attached hydrogens (primary N) is 1. The second-order valence-electron chi connectivity index (χ2n) is 7.08. The van der Waals surface area contributed by atoms with Crippen LogP contribution in [0, 0.1) is 6.92 Å². The normalized spacial score (nSPS) is 21.2. The lowest BCUT2D eigenvalue weighted by Crippen LogP contribution is -2.52. The van der Waals surface area contributed by atoms with Gasteiger partial charge in [-0.3, -0.25) is 4.79 Å². The van der Waals surface area contributed by atoms with Crippen LogP contribution in [0.5, 0.6) is 5.75 Å². The Balaban J connectivity index is 1.62. The Labute approximate surface area is 143 Å². The molecule has 1 heterocycles. The summed E-state index contributed by atoms with van der Waals surface area (Å²) >= 11 is 0. The lowest BCUT2D eigenvalue weighted by Gasteiger charge is -2.31. The molecule has 0 atom stereocenters. The predicted octanol–water partition coefficient (Wildman–Crippen LogP) is 3.15. The second-order valence-corrected chi connectivity index (χ2v) is 7.08. The number of hydrogen-bond donors (Lipinski definition) is 2. The molecule has 1 aromatic carbocycles. The van der Waals surface area contributed by atoms with Gasteiger partial charge in [-0.1, -0.05) is 19.3 Å². The molecule has 1 aliphatic heterocycles. The van der Waals surface area contributed by atoms with Gasteiger partial charge >= 0.3 is 0 Å². The number of aryl methyl sites for hydroxylation is 1. The van der Waals surface area contributed by atoms with Crippen molar-refractivity contribution in [1.29, 1.82) is 0 Å². The summed E-state index contributed by atoms with van der Waals surface area (Å²) < 4.78 is 11.4. The average molecular weight is 332 g/mol. The van der Waals surface area contributed by atoms with E-state index in [1.54, 1.807) is 0 Å². The Morgan fingerprint density at radius 1 is 1.25 bits per heavy atom. The van der Waals surface area contributed by atoms with Gasteiger partial charge < -0.3 is 20.5 Å². The van der Waals surface area contributed by atoms with Crippen LogP contribution in [0.15, 0.2) is 18.2 Å². The van der Waals surface area contributed by atoms with Crippen LogP contribution in [0.25, 0.3) is 0 Å². The van der Waals surface area contributed by atoms with E-state index in [4.69, 9.17) is 15.2 Å². The van der Waals surface area contributed by atoms with E-state index in [0.29, 0.717) is 0 Å². The topological polar surface area (TPSA) is 73.6 Å². The molecule has 3 N–H and O–H groups in total. The summed E-state index contributed by atoms with van der Waals surface area (Å²) in [6.45, 7) is 3.52. The Bertz CT molecular complexity index is 576. The van der Waals surface area contributed by atoms with Crippen molar-refractivity contribution in [3.63, 3.8) is 0 Å². The molecule has 2 fully saturated rings. The van der Waals surface area contributed by atoms with Gasteiger partial charge in [0.15, 0.2) is 0 Å². The lowest BCUT2D eigenvalue weighted by atomic mass is 9.82. The van der Waals surface area contributed by atoms with Crippen LogP contribution < -0.4 is 15.8 Å². The SMILES string of the molecule is Cc1cc(NC(=O)C2(N)CCCCC2)ccc1OC1CCOCC1. The molecule has 1 amide bonds. The van der Waals surface area contributed by atoms with Gasteiger partial charge in [0.05, 0.1) is 18.8 Å². The van der Waals surface area contributed by atoms with E-state index in [1.807, 2.05) is 25.1 Å². The van der Waals surface area contributed by atoms with Crippen molar-refractivity contribution in [2.45, 2.75) is 63.5 Å². The molecule has 132 valence electrons. The number of anilines is 1. The van der Waals surface area contributed by atoms with Gasteiger partial charge in [0, 0.05) is 18.5 Å². The van der Waals surface area contributed by atoms with E-state index >= 15 is 0 Å². The monoisotopic (exact) mass is 332 g/mol. The highest BCUT2D eigenvalue weighted by Crippen LogP contribution is 2.29. The largest absolute Gasteiger partial charge is 0.490 e. The molecule has 2 aliphatic rings. The molecule has 24 heavy (non-hydrogen) atoms. The minimum Gasteiger partial charge on any atom is -0.490 e. The fraction of sp³-hybridized carbons (Fsp3) is 0.632. The first-order valence-electron chi connectivity index (χ1n) is 9.02. The number of carbonyl (C=O) groups excluding carboxylic acids is 1. The number of nitrogens with one attached hydrogen (secondary N) is 1. The number of ether oxygens (including phenoxy) is 2. The summed E-state index contributed by atoms with van der Waals surface area (Å²) in [5.74, 6) is 0.805. The summed E-state index contributed by atoms with van der Waals surface area (Å²) in [5, 5.41) is 2.98. The molecular weight excluding hydrogens is 304 g/mol. The molecule has 1 saturated heterocycles. The van der Waals surface area contributed by atoms with Crippen LogP contribution >= 0.6 is 0 Å². The van der Waals surface area contributed by atoms with Gasteiger partial charge in [0.25, 0.3) is 0 Å².